The van der Waals surface area contributed by atoms with Gasteiger partial charge in [0.05, 0.1) is 31.6 Å². The maximum absolute atomic E-state index is 15.8. The normalized spacial score (nSPS) is 22.2. The van der Waals surface area contributed by atoms with Gasteiger partial charge in [0.25, 0.3) is 5.91 Å². The third-order valence-corrected chi connectivity index (χ3v) is 7.61. The van der Waals surface area contributed by atoms with Crippen molar-refractivity contribution in [1.82, 2.24) is 15.1 Å². The number of rotatable bonds is 8. The standard InChI is InChI=1S/C28H39F2N3O5/c1-25(2)15-26(3,4)17-27(35,16-25)28(29,30)24(34)33-11-7-8-21(33)20-12-18(31-32-20)14-38-19-9-10-22(36-5)23(13-19)37-6/h9-10,12-13,21,35H,7-8,11,14-17H2,1-6H3,(H,31,32). The lowest BCUT2D eigenvalue weighted by Crippen LogP contribution is -2.62. The van der Waals surface area contributed by atoms with Crippen molar-refractivity contribution in [2.24, 2.45) is 10.8 Å². The molecule has 38 heavy (non-hydrogen) atoms. The summed E-state index contributed by atoms with van der Waals surface area (Å²) in [6.45, 7) is 7.82. The fourth-order valence-electron chi connectivity index (χ4n) is 6.68. The first-order valence-corrected chi connectivity index (χ1v) is 13.0. The number of aromatic nitrogens is 2. The van der Waals surface area contributed by atoms with Gasteiger partial charge in [-0.25, -0.2) is 0 Å². The van der Waals surface area contributed by atoms with Crippen LogP contribution in [0.15, 0.2) is 24.3 Å². The highest BCUT2D eigenvalue weighted by Gasteiger charge is 2.65. The number of methoxy groups -OCH3 is 2. The van der Waals surface area contributed by atoms with Crippen LogP contribution in [0, 0.1) is 10.8 Å². The molecule has 4 rings (SSSR count). The molecule has 1 unspecified atom stereocenters. The SMILES string of the molecule is COc1ccc(OCc2cc(C3CCCN3C(=O)C(F)(F)C3(O)CC(C)(C)CC(C)(C)C3)n[nH]2)cc1OC. The third kappa shape index (κ3) is 5.46. The van der Waals surface area contributed by atoms with E-state index in [1.165, 1.54) is 12.0 Å². The summed E-state index contributed by atoms with van der Waals surface area (Å²) in [4.78, 5) is 14.5. The molecular weight excluding hydrogens is 496 g/mol. The third-order valence-electron chi connectivity index (χ3n) is 7.61. The first-order chi connectivity index (χ1) is 17.7. The number of alkyl halides is 2. The molecule has 0 spiro atoms. The molecule has 0 radical (unpaired) electrons. The zero-order valence-corrected chi connectivity index (χ0v) is 23.1. The van der Waals surface area contributed by atoms with Crippen molar-refractivity contribution in [2.75, 3.05) is 20.8 Å². The van der Waals surface area contributed by atoms with Gasteiger partial charge in [-0.1, -0.05) is 27.7 Å². The molecule has 2 aromatic rings. The Morgan fingerprint density at radius 3 is 2.39 bits per heavy atom. The van der Waals surface area contributed by atoms with Gasteiger partial charge in [-0.15, -0.1) is 0 Å². The molecule has 1 aromatic carbocycles. The second kappa shape index (κ2) is 10.0. The van der Waals surface area contributed by atoms with Crippen LogP contribution in [0.1, 0.15) is 77.2 Å². The van der Waals surface area contributed by atoms with Crippen molar-refractivity contribution >= 4 is 5.91 Å². The number of aliphatic hydroxyl groups is 1. The summed E-state index contributed by atoms with van der Waals surface area (Å²) >= 11 is 0. The molecule has 1 aromatic heterocycles. The monoisotopic (exact) mass is 535 g/mol. The van der Waals surface area contributed by atoms with Crippen LogP contribution in [0.2, 0.25) is 0 Å². The molecule has 2 aliphatic rings. The van der Waals surface area contributed by atoms with E-state index in [4.69, 9.17) is 14.2 Å². The second-order valence-electron chi connectivity index (χ2n) is 12.2. The molecule has 2 heterocycles. The lowest BCUT2D eigenvalue weighted by atomic mass is 9.58. The van der Waals surface area contributed by atoms with Crippen LogP contribution in [0.5, 0.6) is 17.2 Å². The van der Waals surface area contributed by atoms with E-state index in [0.717, 1.165) is 0 Å². The first kappa shape index (κ1) is 28.1. The van der Waals surface area contributed by atoms with E-state index in [2.05, 4.69) is 10.2 Å². The number of halogens is 2. The van der Waals surface area contributed by atoms with Crippen LogP contribution < -0.4 is 14.2 Å². The highest BCUT2D eigenvalue weighted by atomic mass is 19.3. The Labute approximate surface area is 222 Å². The van der Waals surface area contributed by atoms with E-state index in [1.807, 2.05) is 27.7 Å². The quantitative estimate of drug-likeness (QED) is 0.478. The minimum Gasteiger partial charge on any atom is -0.493 e. The minimum absolute atomic E-state index is 0.138. The molecule has 0 bridgehead atoms. The lowest BCUT2D eigenvalue weighted by Gasteiger charge is -2.51. The Bertz CT molecular complexity index is 1150. The average Bonchev–Trinajstić information content (AvgIpc) is 3.49. The molecule has 10 heteroatoms. The van der Waals surface area contributed by atoms with Crippen molar-refractivity contribution in [2.45, 2.75) is 84.0 Å². The van der Waals surface area contributed by atoms with Crippen molar-refractivity contribution in [3.8, 4) is 17.2 Å². The van der Waals surface area contributed by atoms with Crippen LogP contribution in [0.4, 0.5) is 8.78 Å². The number of benzene rings is 1. The highest BCUT2D eigenvalue weighted by molar-refractivity contribution is 5.85. The summed E-state index contributed by atoms with van der Waals surface area (Å²) in [5.41, 5.74) is -2.32. The largest absolute Gasteiger partial charge is 0.493 e. The van der Waals surface area contributed by atoms with E-state index in [-0.39, 0.29) is 26.0 Å². The Morgan fingerprint density at radius 2 is 1.76 bits per heavy atom. The zero-order chi connectivity index (χ0) is 27.9. The molecule has 8 nitrogen and oxygen atoms in total. The lowest BCUT2D eigenvalue weighted by molar-refractivity contribution is -0.231. The fourth-order valence-corrected chi connectivity index (χ4v) is 6.68. The summed E-state index contributed by atoms with van der Waals surface area (Å²) in [5.74, 6) is -3.58. The van der Waals surface area contributed by atoms with E-state index in [0.29, 0.717) is 47.9 Å². The number of nitrogens with zero attached hydrogens (tertiary/aromatic N) is 2. The molecule has 2 N–H and O–H groups in total. The van der Waals surface area contributed by atoms with Crippen LogP contribution in [-0.4, -0.2) is 58.4 Å². The van der Waals surface area contributed by atoms with E-state index >= 15 is 8.78 Å². The van der Waals surface area contributed by atoms with Crippen molar-refractivity contribution in [1.29, 1.82) is 0 Å². The molecule has 210 valence electrons. The maximum atomic E-state index is 15.8. The number of hydrogen-bond donors (Lipinski definition) is 2. The van der Waals surface area contributed by atoms with E-state index in [1.54, 1.807) is 31.4 Å². The van der Waals surface area contributed by atoms with E-state index < -0.39 is 34.3 Å². The highest BCUT2D eigenvalue weighted by Crippen LogP contribution is 2.55. The summed E-state index contributed by atoms with van der Waals surface area (Å²) in [6.07, 6.45) is 1.51. The molecule has 1 saturated heterocycles. The maximum Gasteiger partial charge on any atom is 0.352 e. The number of carbonyl (C=O) groups excluding carboxylic acids is 1. The molecule has 1 aliphatic carbocycles. The Hall–Kier alpha value is -2.88. The topological polar surface area (TPSA) is 96.9 Å². The van der Waals surface area contributed by atoms with Gasteiger partial charge in [0.15, 0.2) is 11.5 Å². The number of nitrogens with one attached hydrogen (secondary N) is 1. The number of ether oxygens (including phenoxy) is 3. The zero-order valence-electron chi connectivity index (χ0n) is 23.1. The smallest absolute Gasteiger partial charge is 0.352 e. The number of carbonyl (C=O) groups is 1. The van der Waals surface area contributed by atoms with Gasteiger partial charge >= 0.3 is 5.92 Å². The van der Waals surface area contributed by atoms with Crippen LogP contribution in [-0.2, 0) is 11.4 Å². The molecule has 1 amide bonds. The summed E-state index contributed by atoms with van der Waals surface area (Å²) in [6, 6.07) is 6.31. The van der Waals surface area contributed by atoms with Crippen LogP contribution in [0.3, 0.4) is 0 Å². The molecule has 1 atom stereocenters. The Balaban J connectivity index is 1.48. The van der Waals surface area contributed by atoms with Gasteiger partial charge in [-0.05, 0) is 61.1 Å². The fraction of sp³-hybridized carbons (Fsp3) is 0.643. The summed E-state index contributed by atoms with van der Waals surface area (Å²) in [7, 11) is 3.09. The van der Waals surface area contributed by atoms with Gasteiger partial charge in [0.2, 0.25) is 0 Å². The van der Waals surface area contributed by atoms with Crippen LogP contribution >= 0.6 is 0 Å². The van der Waals surface area contributed by atoms with Gasteiger partial charge in [0, 0.05) is 12.6 Å². The minimum atomic E-state index is -3.92. The molecule has 1 aliphatic heterocycles. The Kier molecular flexibility index (Phi) is 7.42. The number of aromatic amines is 1. The van der Waals surface area contributed by atoms with Gasteiger partial charge < -0.3 is 24.2 Å². The predicted octanol–water partition coefficient (Wildman–Crippen LogP) is 5.27. The molecule has 1 saturated carbocycles. The number of H-pyrrole nitrogens is 1. The van der Waals surface area contributed by atoms with Gasteiger partial charge in [-0.2, -0.15) is 13.9 Å². The van der Waals surface area contributed by atoms with Crippen molar-refractivity contribution in [3.63, 3.8) is 0 Å². The molecular formula is C28H39F2N3O5. The van der Waals surface area contributed by atoms with Crippen molar-refractivity contribution in [3.05, 3.63) is 35.7 Å². The van der Waals surface area contributed by atoms with E-state index in [9.17, 15) is 9.90 Å². The Morgan fingerprint density at radius 1 is 1.11 bits per heavy atom. The van der Waals surface area contributed by atoms with Crippen LogP contribution in [0.25, 0.3) is 0 Å². The first-order valence-electron chi connectivity index (χ1n) is 13.0. The predicted molar refractivity (Wildman–Crippen MR) is 137 cm³/mol. The number of amides is 1. The number of hydrogen-bond acceptors (Lipinski definition) is 6. The summed E-state index contributed by atoms with van der Waals surface area (Å²) in [5, 5.41) is 18.5. The molecule has 2 fully saturated rings. The van der Waals surface area contributed by atoms with Gasteiger partial charge in [-0.3, -0.25) is 9.89 Å². The number of likely N-dealkylation sites (tertiary alicyclic amines) is 1. The second-order valence-corrected chi connectivity index (χ2v) is 12.2. The van der Waals surface area contributed by atoms with Crippen molar-refractivity contribution < 1.29 is 32.9 Å². The average molecular weight is 536 g/mol. The van der Waals surface area contributed by atoms with Gasteiger partial charge in [0.1, 0.15) is 18.0 Å². The summed E-state index contributed by atoms with van der Waals surface area (Å²) < 4.78 is 48.0.